The molecule has 5 aromatic rings. The zero-order chi connectivity index (χ0) is 46.9. The highest BCUT2D eigenvalue weighted by atomic mass is 19.1. The fourth-order valence-corrected chi connectivity index (χ4v) is 11.0. The third-order valence-electron chi connectivity index (χ3n) is 14.0. The van der Waals surface area contributed by atoms with Gasteiger partial charge in [0, 0.05) is 43.9 Å². The molecule has 4 fully saturated rings. The molecule has 14 nitrogen and oxygen atoms in total. The summed E-state index contributed by atoms with van der Waals surface area (Å²) in [6.45, 7) is 11.2. The second-order valence-corrected chi connectivity index (χ2v) is 19.6. The molecule has 0 unspecified atom stereocenters. The van der Waals surface area contributed by atoms with Crippen LogP contribution in [0.15, 0.2) is 54.6 Å². The quantitative estimate of drug-likeness (QED) is 0.126. The first kappa shape index (κ1) is 44.7. The number of rotatable bonds is 11. The van der Waals surface area contributed by atoms with E-state index < -0.39 is 47.2 Å². The summed E-state index contributed by atoms with van der Waals surface area (Å²) in [4.78, 5) is 40.9. The van der Waals surface area contributed by atoms with E-state index in [1.807, 2.05) is 81.1 Å². The molecule has 0 aliphatic carbocycles. The number of alkyl halides is 1. The standard InChI is InChI=1S/C50H57F3N8O6/c1-28-21-36(39(52)45(54-28)58(23-30-9-14-34(63-6)15-10-30)24-31-11-16-35(64-7)17-12-31)41-40(53)42-38-44(57-47(56-42)65-27-50-19-8-20-59(50)25-32(51)22-50)60-26-33-13-18-37(43(60)29(2)66-46(38)55-41)61(33)48(62)67-49(3,4)5/h9-12,14-17,21,29,32-33,37,43H,8,13,18-20,22-27H2,1-7H3/t29-,32+,33+,37-,43+,50-/m0/s1. The van der Waals surface area contributed by atoms with Crippen LogP contribution >= 0.6 is 0 Å². The maximum Gasteiger partial charge on any atom is 0.410 e. The van der Waals surface area contributed by atoms with Crippen LogP contribution in [0, 0.1) is 18.6 Å². The maximum absolute atomic E-state index is 17.9. The average Bonchev–Trinajstić information content (AvgIpc) is 3.91. The summed E-state index contributed by atoms with van der Waals surface area (Å²) in [5.74, 6) is 0.0366. The van der Waals surface area contributed by atoms with Crippen LogP contribution in [0.5, 0.6) is 23.4 Å². The number of nitrogens with zero attached hydrogens (tertiary/aromatic N) is 8. The fourth-order valence-electron chi connectivity index (χ4n) is 11.0. The van der Waals surface area contributed by atoms with Gasteiger partial charge < -0.3 is 33.5 Å². The van der Waals surface area contributed by atoms with Crippen LogP contribution in [-0.2, 0) is 17.8 Å². The number of hydrogen-bond donors (Lipinski definition) is 0. The number of aromatic nitrogens is 4. The Morgan fingerprint density at radius 2 is 1.61 bits per heavy atom. The number of carbonyl (C=O) groups excluding carboxylic acids is 1. The van der Waals surface area contributed by atoms with Gasteiger partial charge >= 0.3 is 12.1 Å². The van der Waals surface area contributed by atoms with E-state index in [2.05, 4.69) is 9.80 Å². The van der Waals surface area contributed by atoms with Gasteiger partial charge in [0.25, 0.3) is 0 Å². The van der Waals surface area contributed by atoms with Crippen molar-refractivity contribution < 1.29 is 41.7 Å². The minimum Gasteiger partial charge on any atom is -0.497 e. The molecule has 0 N–H and O–H groups in total. The Morgan fingerprint density at radius 3 is 2.27 bits per heavy atom. The van der Waals surface area contributed by atoms with Gasteiger partial charge in [-0.2, -0.15) is 9.97 Å². The van der Waals surface area contributed by atoms with Crippen molar-refractivity contribution in [1.82, 2.24) is 29.7 Å². The number of benzene rings is 2. The van der Waals surface area contributed by atoms with Crippen molar-refractivity contribution in [2.45, 2.75) is 121 Å². The maximum atomic E-state index is 17.9. The summed E-state index contributed by atoms with van der Waals surface area (Å²) in [5.41, 5.74) is 0.293. The number of anilines is 2. The van der Waals surface area contributed by atoms with Gasteiger partial charge in [-0.05, 0) is 108 Å². The van der Waals surface area contributed by atoms with Crippen molar-refractivity contribution in [1.29, 1.82) is 0 Å². The highest BCUT2D eigenvalue weighted by Gasteiger charge is 2.54. The van der Waals surface area contributed by atoms with Crippen LogP contribution < -0.4 is 28.7 Å². The molecule has 4 saturated heterocycles. The van der Waals surface area contributed by atoms with Gasteiger partial charge in [0.15, 0.2) is 17.5 Å². The molecule has 5 aliphatic heterocycles. The molecule has 1 amide bonds. The van der Waals surface area contributed by atoms with Crippen LogP contribution in [-0.4, -0.2) is 118 Å². The molecule has 354 valence electrons. The van der Waals surface area contributed by atoms with E-state index in [1.54, 1.807) is 26.0 Å². The largest absolute Gasteiger partial charge is 0.497 e. The van der Waals surface area contributed by atoms with Crippen molar-refractivity contribution in [2.75, 3.05) is 50.3 Å². The molecule has 2 aromatic carbocycles. The van der Waals surface area contributed by atoms with Gasteiger partial charge in [-0.15, -0.1) is 0 Å². The predicted molar refractivity (Wildman–Crippen MR) is 246 cm³/mol. The number of ether oxygens (including phenoxy) is 5. The van der Waals surface area contributed by atoms with Crippen molar-refractivity contribution in [2.24, 2.45) is 0 Å². The fraction of sp³-hybridized carbons (Fsp3) is 0.500. The molecule has 0 radical (unpaired) electrons. The number of carbonyl (C=O) groups is 1. The molecule has 8 heterocycles. The van der Waals surface area contributed by atoms with Crippen LogP contribution in [0.25, 0.3) is 22.2 Å². The third kappa shape index (κ3) is 8.26. The minimum absolute atomic E-state index is 0.00557. The van der Waals surface area contributed by atoms with E-state index in [-0.39, 0.29) is 71.6 Å². The number of methoxy groups -OCH3 is 2. The normalized spacial score (nSPS) is 24.2. The lowest BCUT2D eigenvalue weighted by Gasteiger charge is -2.48. The molecule has 0 saturated carbocycles. The Morgan fingerprint density at radius 1 is 0.925 bits per heavy atom. The van der Waals surface area contributed by atoms with Gasteiger partial charge in [0.1, 0.15) is 58.4 Å². The SMILES string of the molecule is COc1ccc(CN(Cc2ccc(OC)cc2)c2nc(C)cc(-c3nc4c5c(nc(OC[C@@]67CCCN6C[C@H](F)C7)nc5c3F)N3C[C@H]5CC[C@@H]([C@H]3[C@H](C)O4)N5C(=O)OC(C)(C)C)c2F)cc1. The molecule has 3 aromatic heterocycles. The Bertz CT molecular complexity index is 2640. The molecule has 0 spiro atoms. The van der Waals surface area contributed by atoms with Crippen molar-refractivity contribution in [3.63, 3.8) is 0 Å². The topological polar surface area (TPSA) is 128 Å². The van der Waals surface area contributed by atoms with Crippen LogP contribution in [0.2, 0.25) is 0 Å². The first-order valence-corrected chi connectivity index (χ1v) is 23.2. The summed E-state index contributed by atoms with van der Waals surface area (Å²) in [7, 11) is 3.19. The molecule has 10 rings (SSSR count). The van der Waals surface area contributed by atoms with Crippen LogP contribution in [0.1, 0.15) is 76.6 Å². The molecule has 17 heteroatoms. The third-order valence-corrected chi connectivity index (χ3v) is 14.0. The van der Waals surface area contributed by atoms with Crippen LogP contribution in [0.4, 0.5) is 29.6 Å². The number of piperazine rings is 1. The van der Waals surface area contributed by atoms with E-state index in [0.29, 0.717) is 48.9 Å². The molecule has 6 atom stereocenters. The lowest BCUT2D eigenvalue weighted by molar-refractivity contribution is 0.000932. The van der Waals surface area contributed by atoms with Crippen molar-refractivity contribution in [3.05, 3.63) is 83.1 Å². The second kappa shape index (κ2) is 17.2. The van der Waals surface area contributed by atoms with Gasteiger partial charge in [0.2, 0.25) is 5.88 Å². The van der Waals surface area contributed by atoms with E-state index in [0.717, 1.165) is 36.9 Å². The molecule has 5 aliphatic rings. The molecule has 2 bridgehead atoms. The average molecular weight is 923 g/mol. The summed E-state index contributed by atoms with van der Waals surface area (Å²) in [6.07, 6.45) is 1.37. The molecular formula is C50H57F3N8O6. The first-order chi connectivity index (χ1) is 32.1. The Labute approximate surface area is 388 Å². The van der Waals surface area contributed by atoms with E-state index in [9.17, 15) is 9.18 Å². The lowest BCUT2D eigenvalue weighted by atomic mass is 9.95. The van der Waals surface area contributed by atoms with Gasteiger partial charge in [0.05, 0.1) is 37.9 Å². The Balaban J connectivity index is 1.09. The second-order valence-electron chi connectivity index (χ2n) is 19.6. The van der Waals surface area contributed by atoms with Gasteiger partial charge in [-0.3, -0.25) is 9.80 Å². The number of aryl methyl sites for hydroxylation is 1. The summed E-state index contributed by atoms with van der Waals surface area (Å²) in [6, 6.07) is 15.3. The summed E-state index contributed by atoms with van der Waals surface area (Å²) >= 11 is 0. The zero-order valence-corrected chi connectivity index (χ0v) is 39.0. The Kier molecular flexibility index (Phi) is 11.5. The predicted octanol–water partition coefficient (Wildman–Crippen LogP) is 8.59. The lowest BCUT2D eigenvalue weighted by Crippen LogP contribution is -2.65. The Hall–Kier alpha value is -6.10. The first-order valence-electron chi connectivity index (χ1n) is 23.2. The monoisotopic (exact) mass is 922 g/mol. The highest BCUT2D eigenvalue weighted by molar-refractivity contribution is 5.97. The minimum atomic E-state index is -0.984. The van der Waals surface area contributed by atoms with E-state index in [4.69, 9.17) is 43.6 Å². The van der Waals surface area contributed by atoms with Crippen LogP contribution in [0.3, 0.4) is 0 Å². The number of halogens is 3. The smallest absolute Gasteiger partial charge is 0.410 e. The van der Waals surface area contributed by atoms with Gasteiger partial charge in [-0.25, -0.2) is 27.9 Å². The number of hydrogen-bond acceptors (Lipinski definition) is 13. The molecular weight excluding hydrogens is 866 g/mol. The van der Waals surface area contributed by atoms with Crippen molar-refractivity contribution >= 4 is 28.6 Å². The molecule has 67 heavy (non-hydrogen) atoms. The zero-order valence-electron chi connectivity index (χ0n) is 39.0. The number of pyridine rings is 2. The highest BCUT2D eigenvalue weighted by Crippen LogP contribution is 2.48. The van der Waals surface area contributed by atoms with E-state index >= 15 is 8.78 Å². The number of amides is 1. The summed E-state index contributed by atoms with van der Waals surface area (Å²) < 4.78 is 80.3. The van der Waals surface area contributed by atoms with Gasteiger partial charge in [-0.1, -0.05) is 24.3 Å². The van der Waals surface area contributed by atoms with E-state index in [1.165, 1.54) is 6.07 Å². The number of fused-ring (bicyclic) bond motifs is 6. The summed E-state index contributed by atoms with van der Waals surface area (Å²) in [5, 5.41) is 0.213. The van der Waals surface area contributed by atoms with Crippen molar-refractivity contribution in [3.8, 4) is 34.6 Å².